The molecule has 4 aliphatic rings. The number of hydrogen-bond acceptors (Lipinski definition) is 6. The second kappa shape index (κ2) is 8.09. The van der Waals surface area contributed by atoms with E-state index in [-0.39, 0.29) is 24.1 Å². The van der Waals surface area contributed by atoms with Crippen LogP contribution in [0.15, 0.2) is 18.2 Å². The number of piperazine rings is 1. The van der Waals surface area contributed by atoms with E-state index in [1.165, 1.54) is 12.1 Å². The first-order valence-electron chi connectivity index (χ1n) is 11.0. The highest BCUT2D eigenvalue weighted by molar-refractivity contribution is 6.05. The van der Waals surface area contributed by atoms with Gasteiger partial charge >= 0.3 is 0 Å². The van der Waals surface area contributed by atoms with Crippen molar-refractivity contribution in [3.05, 3.63) is 34.9 Å². The second-order valence-corrected chi connectivity index (χ2v) is 9.00. The molecule has 3 amide bonds. The number of likely N-dealkylation sites (tertiary alicyclic amines) is 1. The van der Waals surface area contributed by atoms with Crippen LogP contribution in [0.4, 0.5) is 0 Å². The molecule has 4 heterocycles. The Bertz CT molecular complexity index is 860. The first-order chi connectivity index (χ1) is 14.6. The van der Waals surface area contributed by atoms with Crippen molar-refractivity contribution >= 4 is 17.7 Å². The van der Waals surface area contributed by atoms with Gasteiger partial charge in [0, 0.05) is 70.9 Å². The molecule has 1 atom stereocenters. The number of benzene rings is 1. The number of rotatable bonds is 5. The summed E-state index contributed by atoms with van der Waals surface area (Å²) in [7, 11) is 0. The predicted octanol–water partition coefficient (Wildman–Crippen LogP) is -0.215. The molecule has 1 unspecified atom stereocenters. The van der Waals surface area contributed by atoms with Crippen LogP contribution in [0.25, 0.3) is 0 Å². The molecular formula is C22H29N5O3. The van der Waals surface area contributed by atoms with Crippen LogP contribution in [-0.2, 0) is 22.7 Å². The van der Waals surface area contributed by atoms with Gasteiger partial charge in [-0.2, -0.15) is 0 Å². The van der Waals surface area contributed by atoms with Gasteiger partial charge in [-0.3, -0.25) is 24.6 Å². The maximum absolute atomic E-state index is 12.8. The van der Waals surface area contributed by atoms with Crippen LogP contribution < -0.4 is 10.6 Å². The molecule has 5 rings (SSSR count). The number of nitrogens with one attached hydrogen (secondary N) is 2. The molecule has 2 N–H and O–H groups in total. The minimum Gasteiger partial charge on any atom is -0.322 e. The van der Waals surface area contributed by atoms with Crippen molar-refractivity contribution in [2.75, 3.05) is 45.8 Å². The Kier molecular flexibility index (Phi) is 5.30. The highest BCUT2D eigenvalue weighted by Gasteiger charge is 2.39. The van der Waals surface area contributed by atoms with Gasteiger partial charge in [-0.1, -0.05) is 12.1 Å². The van der Waals surface area contributed by atoms with Crippen LogP contribution in [0.3, 0.4) is 0 Å². The average Bonchev–Trinajstić information content (AvgIpc) is 3.03. The summed E-state index contributed by atoms with van der Waals surface area (Å²) in [5, 5.41) is 5.75. The van der Waals surface area contributed by atoms with Crippen molar-refractivity contribution in [1.29, 1.82) is 0 Å². The third-order valence-electron chi connectivity index (χ3n) is 6.75. The van der Waals surface area contributed by atoms with Crippen molar-refractivity contribution < 1.29 is 14.4 Å². The minimum atomic E-state index is -0.549. The lowest BCUT2D eigenvalue weighted by atomic mass is 9.97. The maximum Gasteiger partial charge on any atom is 0.255 e. The van der Waals surface area contributed by atoms with Gasteiger partial charge in [0.1, 0.15) is 6.04 Å². The fourth-order valence-electron chi connectivity index (χ4n) is 5.16. The Labute approximate surface area is 176 Å². The summed E-state index contributed by atoms with van der Waals surface area (Å²) in [6, 6.07) is 5.50. The molecule has 8 heteroatoms. The number of nitrogens with zero attached hydrogens (tertiary/aromatic N) is 3. The van der Waals surface area contributed by atoms with E-state index in [0.29, 0.717) is 18.5 Å². The number of imide groups is 1. The van der Waals surface area contributed by atoms with Gasteiger partial charge in [-0.25, -0.2) is 0 Å². The average molecular weight is 412 g/mol. The van der Waals surface area contributed by atoms with Crippen LogP contribution in [0.1, 0.15) is 34.3 Å². The number of carbonyl (C=O) groups is 3. The summed E-state index contributed by atoms with van der Waals surface area (Å²) < 4.78 is 0. The SMILES string of the molecule is O=C1CCC(N2Cc3cc(CN4CC(CN5CCNCC5)C4)ccc3C2=O)C(=O)N1. The molecule has 3 saturated heterocycles. The molecule has 0 bridgehead atoms. The van der Waals surface area contributed by atoms with Crippen molar-refractivity contribution in [2.24, 2.45) is 5.92 Å². The highest BCUT2D eigenvalue weighted by Crippen LogP contribution is 2.29. The smallest absolute Gasteiger partial charge is 0.255 e. The summed E-state index contributed by atoms with van der Waals surface area (Å²) in [4.78, 5) is 43.0. The van der Waals surface area contributed by atoms with Crippen molar-refractivity contribution in [3.63, 3.8) is 0 Å². The fourth-order valence-corrected chi connectivity index (χ4v) is 5.16. The Balaban J connectivity index is 1.16. The molecule has 0 aliphatic carbocycles. The molecule has 1 aromatic carbocycles. The lowest BCUT2D eigenvalue weighted by Crippen LogP contribution is -2.53. The molecule has 0 radical (unpaired) electrons. The summed E-state index contributed by atoms with van der Waals surface area (Å²) in [6.45, 7) is 9.29. The molecule has 30 heavy (non-hydrogen) atoms. The van der Waals surface area contributed by atoms with E-state index in [1.807, 2.05) is 12.1 Å². The highest BCUT2D eigenvalue weighted by atomic mass is 16.2. The first kappa shape index (κ1) is 19.7. The lowest BCUT2D eigenvalue weighted by Gasteiger charge is -2.42. The zero-order valence-electron chi connectivity index (χ0n) is 17.2. The third kappa shape index (κ3) is 3.87. The molecular weight excluding hydrogens is 382 g/mol. The normalized spacial score (nSPS) is 25.9. The van der Waals surface area contributed by atoms with Crippen LogP contribution in [0, 0.1) is 5.92 Å². The molecule has 1 aromatic rings. The number of hydrogen-bond donors (Lipinski definition) is 2. The van der Waals surface area contributed by atoms with E-state index < -0.39 is 6.04 Å². The number of piperidine rings is 1. The number of carbonyl (C=O) groups excluding carboxylic acids is 3. The monoisotopic (exact) mass is 411 g/mol. The van der Waals surface area contributed by atoms with Crippen molar-refractivity contribution in [1.82, 2.24) is 25.3 Å². The minimum absolute atomic E-state index is 0.105. The van der Waals surface area contributed by atoms with Gasteiger partial charge in [-0.05, 0) is 29.5 Å². The standard InChI is InChI=1S/C22H29N5O3/c28-20-4-3-19(21(29)24-20)27-14-17-9-15(1-2-18(17)22(27)30)10-26-12-16(13-26)11-25-7-5-23-6-8-25/h1-2,9,16,19,23H,3-8,10-14H2,(H,24,28,29). The molecule has 0 spiro atoms. The van der Waals surface area contributed by atoms with Gasteiger partial charge in [0.15, 0.2) is 0 Å². The first-order valence-corrected chi connectivity index (χ1v) is 11.0. The van der Waals surface area contributed by atoms with Crippen molar-refractivity contribution in [3.8, 4) is 0 Å². The number of fused-ring (bicyclic) bond motifs is 1. The zero-order chi connectivity index (χ0) is 20.7. The zero-order valence-corrected chi connectivity index (χ0v) is 17.2. The third-order valence-corrected chi connectivity index (χ3v) is 6.75. The lowest BCUT2D eigenvalue weighted by molar-refractivity contribution is -0.136. The molecule has 0 aromatic heterocycles. The van der Waals surface area contributed by atoms with E-state index in [0.717, 1.165) is 57.3 Å². The Morgan fingerprint density at radius 2 is 1.83 bits per heavy atom. The van der Waals surface area contributed by atoms with E-state index in [2.05, 4.69) is 26.5 Å². The summed E-state index contributed by atoms with van der Waals surface area (Å²) >= 11 is 0. The van der Waals surface area contributed by atoms with Crippen LogP contribution in [0.5, 0.6) is 0 Å². The molecule has 3 fully saturated rings. The molecule has 0 saturated carbocycles. The van der Waals surface area contributed by atoms with Gasteiger partial charge in [0.25, 0.3) is 5.91 Å². The van der Waals surface area contributed by atoms with Crippen LogP contribution in [0.2, 0.25) is 0 Å². The van der Waals surface area contributed by atoms with Gasteiger partial charge in [0.05, 0.1) is 0 Å². The Morgan fingerprint density at radius 1 is 1.03 bits per heavy atom. The molecule has 4 aliphatic heterocycles. The van der Waals surface area contributed by atoms with Gasteiger partial charge in [-0.15, -0.1) is 0 Å². The maximum atomic E-state index is 12.8. The summed E-state index contributed by atoms with van der Waals surface area (Å²) in [6.07, 6.45) is 0.686. The molecule has 160 valence electrons. The predicted molar refractivity (Wildman–Crippen MR) is 111 cm³/mol. The largest absolute Gasteiger partial charge is 0.322 e. The van der Waals surface area contributed by atoms with Crippen LogP contribution >= 0.6 is 0 Å². The second-order valence-electron chi connectivity index (χ2n) is 9.00. The summed E-state index contributed by atoms with van der Waals surface area (Å²) in [5.41, 5.74) is 2.89. The van der Waals surface area contributed by atoms with E-state index in [9.17, 15) is 14.4 Å². The van der Waals surface area contributed by atoms with Crippen molar-refractivity contribution in [2.45, 2.75) is 32.0 Å². The summed E-state index contributed by atoms with van der Waals surface area (Å²) in [5.74, 6) is 0.0319. The quantitative estimate of drug-likeness (QED) is 0.652. The van der Waals surface area contributed by atoms with Gasteiger partial charge in [0.2, 0.25) is 11.8 Å². The molecule has 8 nitrogen and oxygen atoms in total. The fraction of sp³-hybridized carbons (Fsp3) is 0.591. The van der Waals surface area contributed by atoms with E-state index in [4.69, 9.17) is 0 Å². The van der Waals surface area contributed by atoms with E-state index in [1.54, 1.807) is 4.90 Å². The van der Waals surface area contributed by atoms with Crippen LogP contribution in [-0.4, -0.2) is 84.3 Å². The Morgan fingerprint density at radius 3 is 2.60 bits per heavy atom. The van der Waals surface area contributed by atoms with E-state index >= 15 is 0 Å². The number of amides is 3. The van der Waals surface area contributed by atoms with Gasteiger partial charge < -0.3 is 15.1 Å². The topological polar surface area (TPSA) is 85.0 Å². The Hall–Kier alpha value is -2.29.